The summed E-state index contributed by atoms with van der Waals surface area (Å²) in [6.45, 7) is 1.02. The molecule has 16 heavy (non-hydrogen) atoms. The molecule has 0 spiro atoms. The molecule has 1 aliphatic rings. The minimum Gasteiger partial charge on any atom is -0.490 e. The van der Waals surface area contributed by atoms with Crippen molar-refractivity contribution in [3.8, 4) is 5.75 Å². The Labute approximate surface area is 96.0 Å². The molecular weight excluding hydrogens is 230 g/mol. The Morgan fingerprint density at radius 2 is 2.31 bits per heavy atom. The summed E-state index contributed by atoms with van der Waals surface area (Å²) in [5.41, 5.74) is 1.03. The van der Waals surface area contributed by atoms with Crippen molar-refractivity contribution in [3.63, 3.8) is 0 Å². The van der Waals surface area contributed by atoms with E-state index in [0.29, 0.717) is 23.9 Å². The highest BCUT2D eigenvalue weighted by Gasteiger charge is 2.22. The van der Waals surface area contributed by atoms with E-state index >= 15 is 0 Å². The molecule has 0 aliphatic carbocycles. The minimum atomic E-state index is -0.944. The van der Waals surface area contributed by atoms with E-state index in [9.17, 15) is 4.79 Å². The highest BCUT2D eigenvalue weighted by Crippen LogP contribution is 2.36. The summed E-state index contributed by atoms with van der Waals surface area (Å²) >= 11 is 6.04. The van der Waals surface area contributed by atoms with Gasteiger partial charge in [0.15, 0.2) is 0 Å². The van der Waals surface area contributed by atoms with E-state index in [2.05, 4.69) is 0 Å². The van der Waals surface area contributed by atoms with Crippen LogP contribution in [0.5, 0.6) is 5.75 Å². The van der Waals surface area contributed by atoms with Crippen molar-refractivity contribution in [3.05, 3.63) is 28.9 Å². The van der Waals surface area contributed by atoms with Crippen LogP contribution in [-0.2, 0) is 6.54 Å². The molecule has 0 atom stereocenters. The first-order chi connectivity index (χ1) is 7.68. The Bertz CT molecular complexity index is 603. The van der Waals surface area contributed by atoms with E-state index in [1.807, 2.05) is 0 Å². The maximum atomic E-state index is 11.1. The molecule has 0 unspecified atom stereocenters. The molecule has 0 amide bonds. The zero-order chi connectivity index (χ0) is 11.3. The maximum Gasteiger partial charge on any atom is 0.352 e. The second-order valence-corrected chi connectivity index (χ2v) is 4.05. The number of carboxylic acids is 1. The second kappa shape index (κ2) is 3.15. The Balaban J connectivity index is 2.46. The molecule has 1 N–H and O–H groups in total. The van der Waals surface area contributed by atoms with Gasteiger partial charge >= 0.3 is 5.97 Å². The molecule has 0 bridgehead atoms. The van der Waals surface area contributed by atoms with Gasteiger partial charge in [0.1, 0.15) is 18.1 Å². The van der Waals surface area contributed by atoms with Crippen molar-refractivity contribution in [2.24, 2.45) is 0 Å². The molecule has 82 valence electrons. The molecule has 3 rings (SSSR count). The second-order valence-electron chi connectivity index (χ2n) is 3.64. The number of ether oxygens (including phenoxy) is 1. The van der Waals surface area contributed by atoms with Gasteiger partial charge in [0.2, 0.25) is 0 Å². The van der Waals surface area contributed by atoms with Gasteiger partial charge in [-0.1, -0.05) is 11.6 Å². The molecule has 2 aromatic rings. The molecule has 0 fully saturated rings. The summed E-state index contributed by atoms with van der Waals surface area (Å²) in [5.74, 6) is -0.252. The lowest BCUT2D eigenvalue weighted by Gasteiger charge is -2.18. The maximum absolute atomic E-state index is 11.1. The van der Waals surface area contributed by atoms with Crippen LogP contribution in [0.3, 0.4) is 0 Å². The molecule has 1 aromatic carbocycles. The Morgan fingerprint density at radius 3 is 3.06 bits per heavy atom. The Kier molecular flexibility index (Phi) is 1.88. The lowest BCUT2D eigenvalue weighted by Crippen LogP contribution is -2.17. The molecule has 0 radical (unpaired) electrons. The number of hydrogen-bond acceptors (Lipinski definition) is 2. The lowest BCUT2D eigenvalue weighted by molar-refractivity contribution is 0.0684. The largest absolute Gasteiger partial charge is 0.490 e. The van der Waals surface area contributed by atoms with Crippen LogP contribution in [0.4, 0.5) is 0 Å². The van der Waals surface area contributed by atoms with Gasteiger partial charge in [0, 0.05) is 5.39 Å². The average molecular weight is 238 g/mol. The van der Waals surface area contributed by atoms with Gasteiger partial charge in [-0.25, -0.2) is 4.79 Å². The molecule has 5 heteroatoms. The standard InChI is InChI=1S/C11H8ClNO3/c12-7-1-2-9-10-6(7)5-8(11(14)15)13(10)3-4-16-9/h1-2,5H,3-4H2,(H,14,15). The normalized spacial score (nSPS) is 13.8. The van der Waals surface area contributed by atoms with Crippen molar-refractivity contribution in [2.45, 2.75) is 6.54 Å². The monoisotopic (exact) mass is 237 g/mol. The average Bonchev–Trinajstić information content (AvgIpc) is 2.65. The molecule has 1 aliphatic heterocycles. The Hall–Kier alpha value is -1.68. The summed E-state index contributed by atoms with van der Waals surface area (Å²) in [5, 5.41) is 10.4. The fourth-order valence-electron chi connectivity index (χ4n) is 2.09. The number of aromatic carboxylic acids is 1. The van der Waals surface area contributed by atoms with E-state index in [4.69, 9.17) is 21.4 Å². The highest BCUT2D eigenvalue weighted by molar-refractivity contribution is 6.35. The fraction of sp³-hybridized carbons (Fsp3) is 0.182. The van der Waals surface area contributed by atoms with E-state index < -0.39 is 5.97 Å². The van der Waals surface area contributed by atoms with Crippen LogP contribution in [-0.4, -0.2) is 22.2 Å². The highest BCUT2D eigenvalue weighted by atomic mass is 35.5. The summed E-state index contributed by atoms with van der Waals surface area (Å²) in [7, 11) is 0. The third-order valence-electron chi connectivity index (χ3n) is 2.76. The van der Waals surface area contributed by atoms with Crippen molar-refractivity contribution in [2.75, 3.05) is 6.61 Å². The summed E-state index contributed by atoms with van der Waals surface area (Å²) in [6, 6.07) is 5.09. The van der Waals surface area contributed by atoms with Crippen LogP contribution >= 0.6 is 11.6 Å². The van der Waals surface area contributed by atoms with E-state index in [1.54, 1.807) is 22.8 Å². The van der Waals surface area contributed by atoms with E-state index in [-0.39, 0.29) is 5.69 Å². The summed E-state index contributed by atoms with van der Waals surface area (Å²) in [6.07, 6.45) is 0. The number of nitrogens with zero attached hydrogens (tertiary/aromatic N) is 1. The van der Waals surface area contributed by atoms with Crippen molar-refractivity contribution in [1.82, 2.24) is 4.57 Å². The number of carboxylic acid groups (broad SMARTS) is 1. The van der Waals surface area contributed by atoms with Gasteiger partial charge in [-0.2, -0.15) is 0 Å². The van der Waals surface area contributed by atoms with Crippen LogP contribution in [0, 0.1) is 0 Å². The summed E-state index contributed by atoms with van der Waals surface area (Å²) in [4.78, 5) is 11.1. The molecule has 0 saturated carbocycles. The van der Waals surface area contributed by atoms with Gasteiger partial charge in [-0.15, -0.1) is 0 Å². The molecule has 4 nitrogen and oxygen atoms in total. The van der Waals surface area contributed by atoms with Crippen LogP contribution in [0.2, 0.25) is 5.02 Å². The van der Waals surface area contributed by atoms with Crippen molar-refractivity contribution in [1.29, 1.82) is 0 Å². The number of hydrogen-bond donors (Lipinski definition) is 1. The van der Waals surface area contributed by atoms with Crippen LogP contribution in [0.25, 0.3) is 10.9 Å². The zero-order valence-electron chi connectivity index (χ0n) is 8.24. The smallest absolute Gasteiger partial charge is 0.352 e. The lowest BCUT2D eigenvalue weighted by atomic mass is 10.2. The first-order valence-corrected chi connectivity index (χ1v) is 5.24. The zero-order valence-corrected chi connectivity index (χ0v) is 8.99. The molecule has 2 heterocycles. The first-order valence-electron chi connectivity index (χ1n) is 4.86. The van der Waals surface area contributed by atoms with Crippen molar-refractivity contribution < 1.29 is 14.6 Å². The topological polar surface area (TPSA) is 51.5 Å². The van der Waals surface area contributed by atoms with Crippen LogP contribution < -0.4 is 4.74 Å². The number of aromatic nitrogens is 1. The molecular formula is C11H8ClNO3. The predicted octanol–water partition coefficient (Wildman–Crippen LogP) is 2.39. The van der Waals surface area contributed by atoms with Gasteiger partial charge in [0.05, 0.1) is 17.1 Å². The third-order valence-corrected chi connectivity index (χ3v) is 3.09. The summed E-state index contributed by atoms with van der Waals surface area (Å²) < 4.78 is 7.21. The molecule has 1 aromatic heterocycles. The fourth-order valence-corrected chi connectivity index (χ4v) is 2.29. The number of rotatable bonds is 1. The van der Waals surface area contributed by atoms with Gasteiger partial charge < -0.3 is 14.4 Å². The predicted molar refractivity (Wildman–Crippen MR) is 59.4 cm³/mol. The van der Waals surface area contributed by atoms with Crippen LogP contribution in [0.15, 0.2) is 18.2 Å². The Morgan fingerprint density at radius 1 is 1.50 bits per heavy atom. The van der Waals surface area contributed by atoms with Gasteiger partial charge in [-0.3, -0.25) is 0 Å². The van der Waals surface area contributed by atoms with Gasteiger partial charge in [0.25, 0.3) is 0 Å². The van der Waals surface area contributed by atoms with Crippen molar-refractivity contribution >= 4 is 28.5 Å². The first kappa shape index (κ1) is 9.54. The molecule has 0 saturated heterocycles. The van der Waals surface area contributed by atoms with E-state index in [1.165, 1.54) is 0 Å². The number of benzene rings is 1. The number of carbonyl (C=O) groups is 1. The SMILES string of the molecule is O=C(O)c1cc2c(Cl)ccc3c2n1CCO3. The quantitative estimate of drug-likeness (QED) is 0.829. The van der Waals surface area contributed by atoms with Crippen LogP contribution in [0.1, 0.15) is 10.5 Å². The number of halogens is 1. The third kappa shape index (κ3) is 1.13. The minimum absolute atomic E-state index is 0.257. The van der Waals surface area contributed by atoms with E-state index in [0.717, 1.165) is 10.9 Å². The van der Waals surface area contributed by atoms with Gasteiger partial charge in [-0.05, 0) is 18.2 Å².